The average molecular weight is 484 g/mol. The minimum absolute atomic E-state index is 0.0822. The molecule has 36 heavy (non-hydrogen) atoms. The molecule has 0 unspecified atom stereocenters. The number of nitriles is 1. The van der Waals surface area contributed by atoms with Crippen LogP contribution in [0, 0.1) is 11.3 Å². The van der Waals surface area contributed by atoms with Gasteiger partial charge in [0, 0.05) is 22.1 Å². The molecule has 1 aromatic heterocycles. The number of para-hydroxylation sites is 1. The third-order valence-corrected chi connectivity index (χ3v) is 5.66. The highest BCUT2D eigenvalue weighted by Gasteiger charge is 2.20. The summed E-state index contributed by atoms with van der Waals surface area (Å²) in [6, 6.07) is 18.1. The van der Waals surface area contributed by atoms with Crippen LogP contribution in [0.25, 0.3) is 21.7 Å². The van der Waals surface area contributed by atoms with Gasteiger partial charge in [-0.25, -0.2) is 0 Å². The molecule has 0 aliphatic rings. The van der Waals surface area contributed by atoms with Crippen molar-refractivity contribution in [1.82, 2.24) is 4.98 Å². The summed E-state index contributed by atoms with van der Waals surface area (Å²) in [5.74, 6) is -0.992. The van der Waals surface area contributed by atoms with Crippen LogP contribution in [0.15, 0.2) is 65.5 Å². The minimum Gasteiger partial charge on any atom is -0.376 e. The largest absolute Gasteiger partial charge is 0.376 e. The highest BCUT2D eigenvalue weighted by atomic mass is 16.5. The van der Waals surface area contributed by atoms with Crippen LogP contribution in [0.2, 0.25) is 0 Å². The maximum Gasteiger partial charge on any atom is 0.256 e. The van der Waals surface area contributed by atoms with Crippen molar-refractivity contribution in [3.8, 4) is 6.07 Å². The lowest BCUT2D eigenvalue weighted by Gasteiger charge is -2.21. The van der Waals surface area contributed by atoms with Gasteiger partial charge < -0.3 is 26.1 Å². The SMILES string of the molecule is CC(C)OC[C@H](Nc1ccc(C#N)cc1)C(=O)Nc1ccc2c(=O)[nH]c3c(C(N)=O)cccc3c2c1. The maximum absolute atomic E-state index is 13.2. The molecule has 4 rings (SSSR count). The van der Waals surface area contributed by atoms with Crippen molar-refractivity contribution in [2.24, 2.45) is 5.73 Å². The van der Waals surface area contributed by atoms with Crippen LogP contribution >= 0.6 is 0 Å². The molecule has 3 aromatic carbocycles. The van der Waals surface area contributed by atoms with E-state index in [0.717, 1.165) is 0 Å². The summed E-state index contributed by atoms with van der Waals surface area (Å²) in [5, 5.41) is 16.7. The smallest absolute Gasteiger partial charge is 0.256 e. The fourth-order valence-corrected chi connectivity index (χ4v) is 3.88. The lowest BCUT2D eigenvalue weighted by molar-refractivity contribution is -0.118. The van der Waals surface area contributed by atoms with Gasteiger partial charge in [-0.3, -0.25) is 14.4 Å². The zero-order valence-corrected chi connectivity index (χ0v) is 19.8. The highest BCUT2D eigenvalue weighted by Crippen LogP contribution is 2.26. The number of nitrogens with zero attached hydrogens (tertiary/aromatic N) is 1. The number of carbonyl (C=O) groups is 2. The van der Waals surface area contributed by atoms with E-state index in [-0.39, 0.29) is 29.7 Å². The number of amides is 2. The van der Waals surface area contributed by atoms with Gasteiger partial charge in [-0.05, 0) is 67.8 Å². The molecule has 0 aliphatic heterocycles. The Labute approximate surface area is 206 Å². The van der Waals surface area contributed by atoms with E-state index in [1.54, 1.807) is 60.7 Å². The second-order valence-corrected chi connectivity index (χ2v) is 8.56. The topological polar surface area (TPSA) is 150 Å². The van der Waals surface area contributed by atoms with Crippen LogP contribution in [0.3, 0.4) is 0 Å². The van der Waals surface area contributed by atoms with Crippen LogP contribution in [0.1, 0.15) is 29.8 Å². The number of H-pyrrole nitrogens is 1. The number of hydrogen-bond acceptors (Lipinski definition) is 6. The first-order valence-corrected chi connectivity index (χ1v) is 11.3. The number of ether oxygens (including phenoxy) is 1. The molecule has 9 heteroatoms. The van der Waals surface area contributed by atoms with E-state index in [9.17, 15) is 14.4 Å². The summed E-state index contributed by atoms with van der Waals surface area (Å²) in [4.78, 5) is 40.5. The molecule has 1 atom stereocenters. The molecule has 0 spiro atoms. The predicted molar refractivity (Wildman–Crippen MR) is 139 cm³/mol. The molecule has 0 bridgehead atoms. The zero-order valence-electron chi connectivity index (χ0n) is 19.8. The van der Waals surface area contributed by atoms with Crippen molar-refractivity contribution in [3.63, 3.8) is 0 Å². The Morgan fingerprint density at radius 1 is 1.03 bits per heavy atom. The van der Waals surface area contributed by atoms with Gasteiger partial charge in [-0.1, -0.05) is 12.1 Å². The van der Waals surface area contributed by atoms with Crippen LogP contribution in [-0.2, 0) is 9.53 Å². The molecule has 0 saturated carbocycles. The number of aromatic amines is 1. The first-order chi connectivity index (χ1) is 17.3. The van der Waals surface area contributed by atoms with E-state index in [2.05, 4.69) is 21.7 Å². The fraction of sp³-hybridized carbons (Fsp3) is 0.185. The summed E-state index contributed by atoms with van der Waals surface area (Å²) in [7, 11) is 0. The summed E-state index contributed by atoms with van der Waals surface area (Å²) in [6.07, 6.45) is -0.0822. The molecule has 0 aliphatic carbocycles. The van der Waals surface area contributed by atoms with Gasteiger partial charge in [-0.15, -0.1) is 0 Å². The molecule has 0 saturated heterocycles. The normalized spacial score (nSPS) is 11.8. The Kier molecular flexibility index (Phi) is 6.99. The molecule has 0 radical (unpaired) electrons. The Balaban J connectivity index is 1.67. The van der Waals surface area contributed by atoms with E-state index in [4.69, 9.17) is 15.7 Å². The molecule has 0 fully saturated rings. The molecule has 182 valence electrons. The number of benzene rings is 3. The second-order valence-electron chi connectivity index (χ2n) is 8.56. The first-order valence-electron chi connectivity index (χ1n) is 11.3. The number of nitrogens with two attached hydrogens (primary N) is 1. The van der Waals surface area contributed by atoms with Crippen molar-refractivity contribution in [2.75, 3.05) is 17.2 Å². The summed E-state index contributed by atoms with van der Waals surface area (Å²) >= 11 is 0. The van der Waals surface area contributed by atoms with Gasteiger partial charge in [0.25, 0.3) is 11.5 Å². The van der Waals surface area contributed by atoms with Gasteiger partial charge >= 0.3 is 0 Å². The van der Waals surface area contributed by atoms with Crippen molar-refractivity contribution in [3.05, 3.63) is 82.1 Å². The van der Waals surface area contributed by atoms with Gasteiger partial charge in [0.15, 0.2) is 0 Å². The molecule has 4 aromatic rings. The molecule has 9 nitrogen and oxygen atoms in total. The summed E-state index contributed by atoms with van der Waals surface area (Å²) < 4.78 is 5.69. The van der Waals surface area contributed by atoms with Gasteiger partial charge in [0.05, 0.1) is 35.4 Å². The van der Waals surface area contributed by atoms with Crippen molar-refractivity contribution >= 4 is 44.9 Å². The third-order valence-electron chi connectivity index (χ3n) is 5.66. The predicted octanol–water partition coefficient (Wildman–Crippen LogP) is 3.50. The van der Waals surface area contributed by atoms with E-state index in [0.29, 0.717) is 38.6 Å². The van der Waals surface area contributed by atoms with Gasteiger partial charge in [-0.2, -0.15) is 5.26 Å². The monoisotopic (exact) mass is 483 g/mol. The summed E-state index contributed by atoms with van der Waals surface area (Å²) in [6.45, 7) is 3.87. The van der Waals surface area contributed by atoms with Crippen LogP contribution < -0.4 is 21.9 Å². The lowest BCUT2D eigenvalue weighted by atomic mass is 10.0. The maximum atomic E-state index is 13.2. The lowest BCUT2D eigenvalue weighted by Crippen LogP contribution is -2.39. The number of rotatable bonds is 8. The number of fused-ring (bicyclic) bond motifs is 3. The number of nitrogens with one attached hydrogen (secondary N) is 3. The van der Waals surface area contributed by atoms with E-state index in [1.807, 2.05) is 13.8 Å². The van der Waals surface area contributed by atoms with Gasteiger partial charge in [0.2, 0.25) is 5.91 Å². The Morgan fingerprint density at radius 3 is 2.42 bits per heavy atom. The van der Waals surface area contributed by atoms with Crippen LogP contribution in [0.4, 0.5) is 11.4 Å². The van der Waals surface area contributed by atoms with Crippen LogP contribution in [0.5, 0.6) is 0 Å². The number of primary amides is 1. The second kappa shape index (κ2) is 10.3. The zero-order chi connectivity index (χ0) is 25.8. The summed E-state index contributed by atoms with van der Waals surface area (Å²) in [5.41, 5.74) is 7.31. The number of hydrogen-bond donors (Lipinski definition) is 4. The quantitative estimate of drug-likeness (QED) is 0.282. The number of pyridine rings is 1. The number of carbonyl (C=O) groups excluding carboxylic acids is 2. The average Bonchev–Trinajstić information content (AvgIpc) is 2.86. The van der Waals surface area contributed by atoms with Crippen molar-refractivity contribution < 1.29 is 14.3 Å². The third kappa shape index (κ3) is 5.19. The fourth-order valence-electron chi connectivity index (χ4n) is 3.88. The van der Waals surface area contributed by atoms with E-state index in [1.165, 1.54) is 0 Å². The number of anilines is 2. The first kappa shape index (κ1) is 24.4. The Bertz CT molecular complexity index is 1550. The van der Waals surface area contributed by atoms with Crippen LogP contribution in [-0.4, -0.2) is 35.6 Å². The van der Waals surface area contributed by atoms with Crippen molar-refractivity contribution in [1.29, 1.82) is 5.26 Å². The standard InChI is InChI=1S/C27H25N5O4/c1-15(2)36-14-23(30-17-8-6-16(13-28)7-9-17)27(35)31-18-10-11-20-22(12-18)19-4-3-5-21(25(29)33)24(19)32-26(20)34/h3-12,15,23,30H,14H2,1-2H3,(H2,29,33)(H,31,35)(H,32,34)/t23-/m0/s1. The van der Waals surface area contributed by atoms with E-state index >= 15 is 0 Å². The molecular weight excluding hydrogens is 458 g/mol. The Hall–Kier alpha value is -4.68. The molecule has 2 amide bonds. The number of aromatic nitrogens is 1. The van der Waals surface area contributed by atoms with Gasteiger partial charge in [0.1, 0.15) is 6.04 Å². The molecular formula is C27H25N5O4. The van der Waals surface area contributed by atoms with Crippen molar-refractivity contribution in [2.45, 2.75) is 26.0 Å². The highest BCUT2D eigenvalue weighted by molar-refractivity contribution is 6.13. The van der Waals surface area contributed by atoms with E-state index < -0.39 is 11.9 Å². The molecule has 1 heterocycles. The minimum atomic E-state index is -0.728. The Morgan fingerprint density at radius 2 is 1.75 bits per heavy atom. The molecule has 5 N–H and O–H groups in total.